The van der Waals surface area contributed by atoms with Crippen LogP contribution in [0.5, 0.6) is 0 Å². The summed E-state index contributed by atoms with van der Waals surface area (Å²) in [5.41, 5.74) is 5.39. The van der Waals surface area contributed by atoms with Crippen molar-refractivity contribution in [3.05, 3.63) is 35.6 Å². The molecule has 0 fully saturated rings. The van der Waals surface area contributed by atoms with Crippen molar-refractivity contribution in [2.45, 2.75) is 0 Å². The molecule has 0 aliphatic carbocycles. The number of alkyl halides is 1. The summed E-state index contributed by atoms with van der Waals surface area (Å²) < 4.78 is 12.5. The summed E-state index contributed by atoms with van der Waals surface area (Å²) >= 11 is 5.31. The zero-order valence-electron chi connectivity index (χ0n) is 7.61. The zero-order valence-corrected chi connectivity index (χ0v) is 8.37. The van der Waals surface area contributed by atoms with Gasteiger partial charge in [-0.1, -0.05) is 5.16 Å². The van der Waals surface area contributed by atoms with E-state index in [4.69, 9.17) is 17.3 Å². The van der Waals surface area contributed by atoms with E-state index in [1.807, 2.05) is 0 Å². The van der Waals surface area contributed by atoms with E-state index in [0.717, 1.165) is 12.1 Å². The third-order valence-corrected chi connectivity index (χ3v) is 1.74. The number of nitrogens with two attached hydrogens (primary N) is 1. The van der Waals surface area contributed by atoms with Crippen LogP contribution in [0, 0.1) is 5.82 Å². The van der Waals surface area contributed by atoms with Crippen LogP contribution in [-0.2, 0) is 4.84 Å². The maximum Gasteiger partial charge on any atom is 0.365 e. The smallest absolute Gasteiger partial charge is 0.365 e. The standard InChI is InChI=1S/C9H8ClFN2O2/c10-5-8(12)13-15-9(14)6-1-3-7(11)4-2-6/h1-4H,5H2,(H2,12,13). The molecular weight excluding hydrogens is 223 g/mol. The first-order chi connectivity index (χ1) is 7.13. The number of rotatable bonds is 3. The molecule has 1 aromatic rings. The molecular formula is C9H8ClFN2O2. The maximum absolute atomic E-state index is 12.5. The van der Waals surface area contributed by atoms with Crippen molar-refractivity contribution < 1.29 is 14.0 Å². The number of amidine groups is 1. The molecule has 1 rings (SSSR count). The van der Waals surface area contributed by atoms with Gasteiger partial charge in [0.25, 0.3) is 0 Å². The van der Waals surface area contributed by atoms with Crippen LogP contribution in [0.25, 0.3) is 0 Å². The summed E-state index contributed by atoms with van der Waals surface area (Å²) in [6.07, 6.45) is 0. The average molecular weight is 231 g/mol. The summed E-state index contributed by atoms with van der Waals surface area (Å²) in [7, 11) is 0. The van der Waals surface area contributed by atoms with Gasteiger partial charge in [0, 0.05) is 0 Å². The van der Waals surface area contributed by atoms with Crippen LogP contribution in [0.15, 0.2) is 29.4 Å². The van der Waals surface area contributed by atoms with Gasteiger partial charge in [0.1, 0.15) is 5.82 Å². The maximum atomic E-state index is 12.5. The van der Waals surface area contributed by atoms with Gasteiger partial charge in [-0.15, -0.1) is 11.6 Å². The summed E-state index contributed by atoms with van der Waals surface area (Å²) in [5, 5.41) is 3.26. The minimum Gasteiger partial charge on any atom is -0.383 e. The molecule has 1 aromatic carbocycles. The third kappa shape index (κ3) is 3.55. The second-order valence-electron chi connectivity index (χ2n) is 2.60. The first kappa shape index (κ1) is 11.5. The molecule has 0 saturated carbocycles. The second-order valence-corrected chi connectivity index (χ2v) is 2.87. The predicted molar refractivity (Wildman–Crippen MR) is 54.2 cm³/mol. The highest BCUT2D eigenvalue weighted by atomic mass is 35.5. The van der Waals surface area contributed by atoms with Crippen LogP contribution >= 0.6 is 11.6 Å². The molecule has 0 unspecified atom stereocenters. The van der Waals surface area contributed by atoms with Gasteiger partial charge in [0.2, 0.25) is 0 Å². The number of nitrogens with zero attached hydrogens (tertiary/aromatic N) is 1. The molecule has 0 heterocycles. The molecule has 0 spiro atoms. The number of hydrogen-bond acceptors (Lipinski definition) is 3. The molecule has 0 atom stereocenters. The van der Waals surface area contributed by atoms with Gasteiger partial charge in [-0.25, -0.2) is 9.18 Å². The van der Waals surface area contributed by atoms with Crippen molar-refractivity contribution in [2.24, 2.45) is 10.9 Å². The Morgan fingerprint density at radius 2 is 2.07 bits per heavy atom. The molecule has 0 bridgehead atoms. The van der Waals surface area contributed by atoms with Crippen LogP contribution in [0.4, 0.5) is 4.39 Å². The lowest BCUT2D eigenvalue weighted by Crippen LogP contribution is -2.15. The molecule has 80 valence electrons. The lowest BCUT2D eigenvalue weighted by atomic mass is 10.2. The molecule has 0 radical (unpaired) electrons. The quantitative estimate of drug-likeness (QED) is 0.281. The Bertz CT molecular complexity index is 378. The molecule has 15 heavy (non-hydrogen) atoms. The zero-order chi connectivity index (χ0) is 11.3. The summed E-state index contributed by atoms with van der Waals surface area (Å²) in [4.78, 5) is 15.7. The Hall–Kier alpha value is -1.62. The minimum absolute atomic E-state index is 0.00729. The van der Waals surface area contributed by atoms with Gasteiger partial charge >= 0.3 is 5.97 Å². The Morgan fingerprint density at radius 3 is 2.60 bits per heavy atom. The van der Waals surface area contributed by atoms with Crippen LogP contribution in [-0.4, -0.2) is 17.7 Å². The molecule has 6 heteroatoms. The summed E-state index contributed by atoms with van der Waals surface area (Å²) in [6, 6.07) is 4.85. The van der Waals surface area contributed by atoms with Crippen molar-refractivity contribution in [2.75, 3.05) is 5.88 Å². The van der Waals surface area contributed by atoms with Gasteiger partial charge in [0.15, 0.2) is 5.84 Å². The lowest BCUT2D eigenvalue weighted by molar-refractivity contribution is 0.0515. The predicted octanol–water partition coefficient (Wildman–Crippen LogP) is 1.49. The Balaban J connectivity index is 2.66. The van der Waals surface area contributed by atoms with Crippen LogP contribution in [0.1, 0.15) is 10.4 Å². The average Bonchev–Trinajstić information content (AvgIpc) is 2.26. The number of carbonyl (C=O) groups excluding carboxylic acids is 1. The number of oxime groups is 1. The largest absolute Gasteiger partial charge is 0.383 e. The van der Waals surface area contributed by atoms with Crippen molar-refractivity contribution in [1.29, 1.82) is 0 Å². The fourth-order valence-corrected chi connectivity index (χ4v) is 0.812. The van der Waals surface area contributed by atoms with Crippen LogP contribution < -0.4 is 5.73 Å². The molecule has 2 N–H and O–H groups in total. The Labute approximate surface area is 90.5 Å². The van der Waals surface area contributed by atoms with E-state index >= 15 is 0 Å². The number of hydrogen-bond donors (Lipinski definition) is 1. The van der Waals surface area contributed by atoms with Crippen molar-refractivity contribution in [1.82, 2.24) is 0 Å². The fraction of sp³-hybridized carbons (Fsp3) is 0.111. The second kappa shape index (κ2) is 5.31. The first-order valence-electron chi connectivity index (χ1n) is 3.98. The van der Waals surface area contributed by atoms with E-state index in [2.05, 4.69) is 9.99 Å². The monoisotopic (exact) mass is 230 g/mol. The van der Waals surface area contributed by atoms with Gasteiger partial charge < -0.3 is 10.6 Å². The number of benzene rings is 1. The molecule has 0 saturated heterocycles. The lowest BCUT2D eigenvalue weighted by Gasteiger charge is -1.98. The number of carbonyl (C=O) groups is 1. The SMILES string of the molecule is N/C(CCl)=N\OC(=O)c1ccc(F)cc1. The van der Waals surface area contributed by atoms with Gasteiger partial charge in [-0.05, 0) is 24.3 Å². The van der Waals surface area contributed by atoms with E-state index in [9.17, 15) is 9.18 Å². The Morgan fingerprint density at radius 1 is 1.47 bits per heavy atom. The van der Waals surface area contributed by atoms with E-state index in [0.29, 0.717) is 0 Å². The van der Waals surface area contributed by atoms with Gasteiger partial charge in [-0.2, -0.15) is 0 Å². The van der Waals surface area contributed by atoms with E-state index < -0.39 is 11.8 Å². The fourth-order valence-electron chi connectivity index (χ4n) is 0.763. The third-order valence-electron chi connectivity index (χ3n) is 1.46. The van der Waals surface area contributed by atoms with Crippen molar-refractivity contribution in [3.8, 4) is 0 Å². The Kier molecular flexibility index (Phi) is 4.05. The summed E-state index contributed by atoms with van der Waals surface area (Å²) in [5.74, 6) is -1.19. The first-order valence-corrected chi connectivity index (χ1v) is 4.52. The molecule has 0 amide bonds. The van der Waals surface area contributed by atoms with Crippen LogP contribution in [0.3, 0.4) is 0 Å². The molecule has 0 aliphatic rings. The minimum atomic E-state index is -0.719. The van der Waals surface area contributed by atoms with E-state index in [-0.39, 0.29) is 17.3 Å². The van der Waals surface area contributed by atoms with Gasteiger partial charge in [-0.3, -0.25) is 0 Å². The topological polar surface area (TPSA) is 64.7 Å². The van der Waals surface area contributed by atoms with E-state index in [1.165, 1.54) is 12.1 Å². The normalized spacial score (nSPS) is 11.2. The van der Waals surface area contributed by atoms with Crippen molar-refractivity contribution >= 4 is 23.4 Å². The highest BCUT2D eigenvalue weighted by molar-refractivity contribution is 6.27. The summed E-state index contributed by atoms with van der Waals surface area (Å²) in [6.45, 7) is 0. The number of halogens is 2. The van der Waals surface area contributed by atoms with Crippen LogP contribution in [0.2, 0.25) is 0 Å². The molecule has 0 aromatic heterocycles. The van der Waals surface area contributed by atoms with E-state index in [1.54, 1.807) is 0 Å². The molecule has 4 nitrogen and oxygen atoms in total. The highest BCUT2D eigenvalue weighted by Gasteiger charge is 2.06. The van der Waals surface area contributed by atoms with Gasteiger partial charge in [0.05, 0.1) is 11.4 Å². The van der Waals surface area contributed by atoms with Crippen molar-refractivity contribution in [3.63, 3.8) is 0 Å². The molecule has 0 aliphatic heterocycles. The highest BCUT2D eigenvalue weighted by Crippen LogP contribution is 2.04.